The van der Waals surface area contributed by atoms with Gasteiger partial charge in [-0.25, -0.2) is 19.7 Å². The Morgan fingerprint density at radius 1 is 1.26 bits per heavy atom. The number of anilines is 1. The molecule has 3 aromatic rings. The predicted octanol–water partition coefficient (Wildman–Crippen LogP) is 5.26. The molecule has 3 heterocycles. The number of rotatable bonds is 5. The Bertz CT molecular complexity index is 1090. The lowest BCUT2D eigenvalue weighted by molar-refractivity contribution is 0.0283. The van der Waals surface area contributed by atoms with Crippen LogP contribution in [0.4, 0.5) is 10.6 Å². The number of nitrogens with zero attached hydrogens (tertiary/aromatic N) is 5. The summed E-state index contributed by atoms with van der Waals surface area (Å²) in [6.07, 6.45) is 2.80. The van der Waals surface area contributed by atoms with Crippen molar-refractivity contribution < 1.29 is 9.53 Å². The molecular weight excluding hydrogens is 432 g/mol. The summed E-state index contributed by atoms with van der Waals surface area (Å²) in [6, 6.07) is 2.10. The van der Waals surface area contributed by atoms with Gasteiger partial charge in [0.15, 0.2) is 5.82 Å². The number of fused-ring (bicyclic) bond motifs is 1. The number of thiazole rings is 1. The van der Waals surface area contributed by atoms with Crippen LogP contribution in [-0.2, 0) is 16.7 Å². The van der Waals surface area contributed by atoms with Crippen molar-refractivity contribution in [3.63, 3.8) is 0 Å². The van der Waals surface area contributed by atoms with E-state index in [1.54, 1.807) is 24.6 Å². The van der Waals surface area contributed by atoms with Gasteiger partial charge in [0.2, 0.25) is 0 Å². The molecule has 10 heteroatoms. The predicted molar refractivity (Wildman–Crippen MR) is 127 cm³/mol. The van der Waals surface area contributed by atoms with Crippen LogP contribution in [0.15, 0.2) is 22.9 Å². The summed E-state index contributed by atoms with van der Waals surface area (Å²) >= 11 is 3.12. The number of amides is 1. The van der Waals surface area contributed by atoms with Crippen LogP contribution in [-0.4, -0.2) is 44.8 Å². The number of nitrogens with one attached hydrogen (secondary N) is 1. The van der Waals surface area contributed by atoms with Crippen molar-refractivity contribution in [2.75, 3.05) is 12.5 Å². The van der Waals surface area contributed by atoms with Gasteiger partial charge in [-0.2, -0.15) is 5.10 Å². The quantitative estimate of drug-likeness (QED) is 0.412. The molecule has 0 radical (unpaired) electrons. The highest BCUT2D eigenvalue weighted by molar-refractivity contribution is 7.19. The van der Waals surface area contributed by atoms with E-state index in [0.717, 1.165) is 20.9 Å². The van der Waals surface area contributed by atoms with Gasteiger partial charge >= 0.3 is 6.09 Å². The molecule has 0 aliphatic heterocycles. The fraction of sp³-hybridized carbons (Fsp3) is 0.476. The van der Waals surface area contributed by atoms with Crippen molar-refractivity contribution in [3.05, 3.63) is 33.4 Å². The maximum Gasteiger partial charge on any atom is 0.410 e. The molecule has 0 spiro atoms. The SMILES string of the molecule is CN(Cc1csc(/C=N/Nc2ncnc3cc(C(C)(C)C)sc23)n1)C(=O)OC(C)(C)C. The van der Waals surface area contributed by atoms with Gasteiger partial charge in [0, 0.05) is 17.3 Å². The van der Waals surface area contributed by atoms with Gasteiger partial charge in [-0.05, 0) is 32.3 Å². The summed E-state index contributed by atoms with van der Waals surface area (Å²) < 4.78 is 6.34. The Morgan fingerprint density at radius 2 is 2.00 bits per heavy atom. The molecule has 1 amide bonds. The van der Waals surface area contributed by atoms with Crippen molar-refractivity contribution in [1.82, 2.24) is 19.9 Å². The highest BCUT2D eigenvalue weighted by atomic mass is 32.1. The first-order chi connectivity index (χ1) is 14.4. The first-order valence-electron chi connectivity index (χ1n) is 9.85. The fourth-order valence-electron chi connectivity index (χ4n) is 2.55. The molecule has 0 saturated carbocycles. The molecule has 0 atom stereocenters. The first kappa shape index (κ1) is 23.1. The van der Waals surface area contributed by atoms with Crippen LogP contribution in [0.2, 0.25) is 0 Å². The van der Waals surface area contributed by atoms with E-state index in [1.165, 1.54) is 27.4 Å². The molecule has 0 fully saturated rings. The van der Waals surface area contributed by atoms with E-state index in [0.29, 0.717) is 12.4 Å². The second kappa shape index (κ2) is 8.88. The van der Waals surface area contributed by atoms with Gasteiger partial charge in [-0.15, -0.1) is 22.7 Å². The normalized spacial score (nSPS) is 12.5. The zero-order valence-corrected chi connectivity index (χ0v) is 20.5. The summed E-state index contributed by atoms with van der Waals surface area (Å²) in [5.74, 6) is 0.670. The van der Waals surface area contributed by atoms with Crippen LogP contribution < -0.4 is 5.43 Å². The standard InChI is InChI=1S/C21H28N6O2S2/c1-20(2,3)15-8-14-17(31-15)18(23-12-22-14)26-24-9-16-25-13(11-30-16)10-27(7)19(28)29-21(4,5)6/h8-9,11-12H,10H2,1-7H3,(H,22,23,26)/b24-9+. The zero-order chi connectivity index (χ0) is 22.8. The Hall–Kier alpha value is -2.59. The minimum Gasteiger partial charge on any atom is -0.444 e. The lowest BCUT2D eigenvalue weighted by Crippen LogP contribution is -2.33. The number of hydrogen-bond acceptors (Lipinski definition) is 9. The summed E-state index contributed by atoms with van der Waals surface area (Å²) in [4.78, 5) is 28.0. The lowest BCUT2D eigenvalue weighted by Gasteiger charge is -2.24. The molecule has 0 aromatic carbocycles. The average Bonchev–Trinajstić information content (AvgIpc) is 3.27. The number of hydrogen-bond donors (Lipinski definition) is 1. The van der Waals surface area contributed by atoms with Gasteiger partial charge in [0.25, 0.3) is 0 Å². The van der Waals surface area contributed by atoms with Gasteiger partial charge in [0.05, 0.1) is 28.7 Å². The Kier molecular flexibility index (Phi) is 6.61. The third kappa shape index (κ3) is 6.20. The van der Waals surface area contributed by atoms with Crippen molar-refractivity contribution >= 4 is 51.0 Å². The van der Waals surface area contributed by atoms with Crippen LogP contribution in [0.3, 0.4) is 0 Å². The third-order valence-corrected chi connectivity index (χ3v) is 6.45. The first-order valence-corrected chi connectivity index (χ1v) is 11.5. The number of hydrazone groups is 1. The molecule has 0 saturated heterocycles. The molecule has 1 N–H and O–H groups in total. The fourth-order valence-corrected chi connectivity index (χ4v) is 4.33. The van der Waals surface area contributed by atoms with E-state index < -0.39 is 5.60 Å². The smallest absolute Gasteiger partial charge is 0.410 e. The van der Waals surface area contributed by atoms with E-state index in [-0.39, 0.29) is 11.5 Å². The monoisotopic (exact) mass is 460 g/mol. The summed E-state index contributed by atoms with van der Waals surface area (Å²) in [5.41, 5.74) is 4.21. The van der Waals surface area contributed by atoms with Crippen molar-refractivity contribution in [2.24, 2.45) is 5.10 Å². The molecule has 0 unspecified atom stereocenters. The van der Waals surface area contributed by atoms with Gasteiger partial charge in [0.1, 0.15) is 16.9 Å². The minimum atomic E-state index is -0.528. The number of ether oxygens (including phenoxy) is 1. The topological polar surface area (TPSA) is 92.6 Å². The molecule has 3 rings (SSSR count). The number of carbonyl (C=O) groups excluding carboxylic acids is 1. The molecule has 31 heavy (non-hydrogen) atoms. The molecule has 0 aliphatic rings. The third-order valence-electron chi connectivity index (χ3n) is 4.07. The Labute approximate surface area is 190 Å². The Morgan fingerprint density at radius 3 is 2.68 bits per heavy atom. The second-order valence-electron chi connectivity index (χ2n) is 9.18. The number of thiophene rings is 1. The van der Waals surface area contributed by atoms with E-state index in [2.05, 4.69) is 52.3 Å². The number of aromatic nitrogens is 3. The van der Waals surface area contributed by atoms with Crippen molar-refractivity contribution in [2.45, 2.75) is 59.1 Å². The lowest BCUT2D eigenvalue weighted by atomic mass is 9.95. The highest BCUT2D eigenvalue weighted by Crippen LogP contribution is 2.35. The van der Waals surface area contributed by atoms with Crippen LogP contribution in [0, 0.1) is 0 Å². The van der Waals surface area contributed by atoms with Crippen molar-refractivity contribution in [1.29, 1.82) is 0 Å². The summed E-state index contributed by atoms with van der Waals surface area (Å²) in [7, 11) is 1.69. The maximum atomic E-state index is 12.1. The Balaban J connectivity index is 1.64. The number of carbonyl (C=O) groups is 1. The van der Waals surface area contributed by atoms with Crippen molar-refractivity contribution in [3.8, 4) is 0 Å². The molecule has 0 aliphatic carbocycles. The van der Waals surface area contributed by atoms with E-state index in [1.807, 2.05) is 26.2 Å². The van der Waals surface area contributed by atoms with Crippen LogP contribution >= 0.6 is 22.7 Å². The average molecular weight is 461 g/mol. The largest absolute Gasteiger partial charge is 0.444 e. The van der Waals surface area contributed by atoms with Gasteiger partial charge in [-0.3, -0.25) is 5.43 Å². The van der Waals surface area contributed by atoms with Gasteiger partial charge in [-0.1, -0.05) is 20.8 Å². The van der Waals surface area contributed by atoms with Crippen LogP contribution in [0.5, 0.6) is 0 Å². The van der Waals surface area contributed by atoms with Crippen LogP contribution in [0.1, 0.15) is 57.1 Å². The molecule has 0 bridgehead atoms. The van der Waals surface area contributed by atoms with Gasteiger partial charge < -0.3 is 9.64 Å². The van der Waals surface area contributed by atoms with E-state index in [4.69, 9.17) is 4.74 Å². The second-order valence-corrected chi connectivity index (χ2v) is 11.1. The molecule has 3 aromatic heterocycles. The minimum absolute atomic E-state index is 0.0512. The molecule has 166 valence electrons. The molecular formula is C21H28N6O2S2. The highest BCUT2D eigenvalue weighted by Gasteiger charge is 2.20. The summed E-state index contributed by atoms with van der Waals surface area (Å²) in [6.45, 7) is 12.4. The van der Waals surface area contributed by atoms with E-state index in [9.17, 15) is 4.79 Å². The summed E-state index contributed by atoms with van der Waals surface area (Å²) in [5, 5.41) is 6.92. The van der Waals surface area contributed by atoms with E-state index >= 15 is 0 Å². The molecule has 8 nitrogen and oxygen atoms in total. The zero-order valence-electron chi connectivity index (χ0n) is 18.9. The maximum absolute atomic E-state index is 12.1. The van der Waals surface area contributed by atoms with Crippen LogP contribution in [0.25, 0.3) is 10.2 Å².